The normalized spacial score (nSPS) is 19.4. The van der Waals surface area contributed by atoms with Gasteiger partial charge in [0.1, 0.15) is 0 Å². The van der Waals surface area contributed by atoms with E-state index in [2.05, 4.69) is 56.4 Å². The van der Waals surface area contributed by atoms with Gasteiger partial charge in [-0.25, -0.2) is 9.59 Å². The lowest BCUT2D eigenvalue weighted by Crippen LogP contribution is -2.28. The van der Waals surface area contributed by atoms with Crippen LogP contribution in [0.15, 0.2) is 54.6 Å². The molecule has 10 heteroatoms. The highest BCUT2D eigenvalue weighted by Crippen LogP contribution is 2.86. The van der Waals surface area contributed by atoms with Crippen LogP contribution in [0.1, 0.15) is 188 Å². The molecule has 2 atom stereocenters. The molecule has 1 aliphatic heterocycles. The van der Waals surface area contributed by atoms with E-state index in [-0.39, 0.29) is 27.4 Å². The van der Waals surface area contributed by atoms with Crippen molar-refractivity contribution in [2.75, 3.05) is 6.54 Å². The molecule has 4 rings (SSSR count). The van der Waals surface area contributed by atoms with Crippen molar-refractivity contribution in [1.29, 1.82) is 0 Å². The maximum Gasteiger partial charge on any atom is 0.335 e. The molecule has 0 aromatic heterocycles. The van der Waals surface area contributed by atoms with E-state index in [1.54, 1.807) is 0 Å². The summed E-state index contributed by atoms with van der Waals surface area (Å²) in [6.07, 6.45) is 28.7. The van der Waals surface area contributed by atoms with Crippen molar-refractivity contribution >= 4 is 26.4 Å². The minimum Gasteiger partial charge on any atom is -0.478 e. The third-order valence-electron chi connectivity index (χ3n) is 11.9. The molecule has 2 aliphatic rings. The Morgan fingerprint density at radius 3 is 1.31 bits per heavy atom. The largest absolute Gasteiger partial charge is 0.478 e. The van der Waals surface area contributed by atoms with Crippen molar-refractivity contribution in [3.63, 3.8) is 0 Å². The fraction of sp³-hybridized carbons (Fsp3) is 0.659. The molecular formula is C44H70NO8P. The number of amides is 1. The lowest BCUT2D eigenvalue weighted by molar-refractivity contribution is -0.125. The monoisotopic (exact) mass is 771 g/mol. The van der Waals surface area contributed by atoms with Crippen molar-refractivity contribution in [1.82, 2.24) is 5.32 Å². The second-order valence-corrected chi connectivity index (χ2v) is 15.8. The Labute approximate surface area is 326 Å². The fourth-order valence-corrected chi connectivity index (χ4v) is 9.50. The number of carboxylic acid groups (broad SMARTS) is 2. The third kappa shape index (κ3) is 12.9. The molecule has 1 heterocycles. The number of carbonyl (C=O) groups excluding carboxylic acids is 1. The van der Waals surface area contributed by atoms with Gasteiger partial charge in [0.2, 0.25) is 5.91 Å². The first kappa shape index (κ1) is 47.3. The van der Waals surface area contributed by atoms with Gasteiger partial charge < -0.3 is 30.2 Å². The van der Waals surface area contributed by atoms with Gasteiger partial charge in [0.25, 0.3) is 0 Å². The molecule has 1 aliphatic carbocycles. The summed E-state index contributed by atoms with van der Waals surface area (Å²) in [5.74, 6) is -1.73. The van der Waals surface area contributed by atoms with Gasteiger partial charge in [0, 0.05) is 12.0 Å². The van der Waals surface area contributed by atoms with E-state index in [9.17, 15) is 14.4 Å². The Bertz CT molecular complexity index is 1300. The Morgan fingerprint density at radius 2 is 0.963 bits per heavy atom. The highest BCUT2D eigenvalue weighted by molar-refractivity contribution is 7.38. The number of aromatic carboxylic acids is 2. The fourth-order valence-electron chi connectivity index (χ4n) is 9.50. The molecule has 1 amide bonds. The summed E-state index contributed by atoms with van der Waals surface area (Å²) in [4.78, 5) is 56.3. The minimum absolute atomic E-state index is 0.0272. The van der Waals surface area contributed by atoms with Gasteiger partial charge in [-0.3, -0.25) is 4.79 Å². The van der Waals surface area contributed by atoms with E-state index >= 15 is 0 Å². The zero-order valence-corrected chi connectivity index (χ0v) is 34.3. The quantitative estimate of drug-likeness (QED) is 0.0453. The summed E-state index contributed by atoms with van der Waals surface area (Å²) >= 11 is 0. The lowest BCUT2D eigenvalue weighted by atomic mass is 9.77. The van der Waals surface area contributed by atoms with Crippen LogP contribution >= 0.6 is 8.60 Å². The molecule has 2 fully saturated rings. The SMILES string of the molecule is CCCCCCCCC1(CCCCCCCC)C2(CCNC2=O)C1(CCCCCCCC)c1ccccc1.O=C(O)c1ccc(C(=O)O)cc1.OP(O)O. The van der Waals surface area contributed by atoms with Gasteiger partial charge in [-0.15, -0.1) is 0 Å². The second-order valence-electron chi connectivity index (χ2n) is 15.3. The first-order valence-electron chi connectivity index (χ1n) is 20.8. The Kier molecular flexibility index (Phi) is 22.2. The molecule has 9 nitrogen and oxygen atoms in total. The van der Waals surface area contributed by atoms with Crippen molar-refractivity contribution in [2.45, 2.75) is 167 Å². The molecule has 6 N–H and O–H groups in total. The van der Waals surface area contributed by atoms with E-state index in [4.69, 9.17) is 24.9 Å². The highest BCUT2D eigenvalue weighted by Gasteiger charge is 2.88. The molecule has 2 aromatic carbocycles. The zero-order chi connectivity index (χ0) is 39.9. The van der Waals surface area contributed by atoms with E-state index in [0.29, 0.717) is 5.91 Å². The number of hydrogen-bond acceptors (Lipinski definition) is 6. The topological polar surface area (TPSA) is 164 Å². The molecule has 2 aromatic rings. The molecular weight excluding hydrogens is 701 g/mol. The summed E-state index contributed by atoms with van der Waals surface area (Å²) in [6, 6.07) is 16.4. The van der Waals surface area contributed by atoms with Crippen LogP contribution in [0.4, 0.5) is 0 Å². The first-order valence-corrected chi connectivity index (χ1v) is 22.0. The van der Waals surface area contributed by atoms with Crippen LogP contribution in [0.5, 0.6) is 0 Å². The summed E-state index contributed by atoms with van der Waals surface area (Å²) in [5.41, 5.74) is 1.63. The average molecular weight is 772 g/mol. The number of hydrogen-bond donors (Lipinski definition) is 6. The number of nitrogens with one attached hydrogen (secondary N) is 1. The molecule has 54 heavy (non-hydrogen) atoms. The van der Waals surface area contributed by atoms with E-state index in [1.165, 1.54) is 165 Å². The standard InChI is InChI=1S/C36H61NO.C8H6O4.H3O3P/c1-4-7-10-13-16-22-27-34(28-23-17-14-11-8-5-2)35(32-25-20-19-21-26-32,29-24-18-15-12-9-6-3)36(34)30-31-37-33(36)38;9-7(10)5-1-2-6(4-3-5)8(11)12;1-4(2)3/h19-21,25-26H,4-18,22-24,27-31H2,1-3H3,(H,37,38);1-4H,(H,9,10)(H,11,12);1-3H. The van der Waals surface area contributed by atoms with E-state index in [0.717, 1.165) is 13.0 Å². The third-order valence-corrected chi connectivity index (χ3v) is 11.9. The molecule has 1 saturated carbocycles. The Balaban J connectivity index is 0.000000522. The smallest absolute Gasteiger partial charge is 0.335 e. The predicted molar refractivity (Wildman–Crippen MR) is 219 cm³/mol. The first-order chi connectivity index (χ1) is 26.0. The highest BCUT2D eigenvalue weighted by atomic mass is 31.2. The van der Waals surface area contributed by atoms with Crippen LogP contribution in [-0.2, 0) is 10.2 Å². The van der Waals surface area contributed by atoms with E-state index < -0.39 is 20.5 Å². The van der Waals surface area contributed by atoms with Crippen molar-refractivity contribution in [3.8, 4) is 0 Å². The second kappa shape index (κ2) is 25.3. The van der Waals surface area contributed by atoms with Gasteiger partial charge in [0.15, 0.2) is 0 Å². The predicted octanol–water partition coefficient (Wildman–Crippen LogP) is 11.0. The molecule has 2 unspecified atom stereocenters. The number of benzene rings is 2. The number of carboxylic acids is 2. The average Bonchev–Trinajstić information content (AvgIpc) is 3.38. The zero-order valence-electron chi connectivity index (χ0n) is 33.4. The summed E-state index contributed by atoms with van der Waals surface area (Å²) in [7, 11) is -2.62. The van der Waals surface area contributed by atoms with Crippen LogP contribution in [0, 0.1) is 10.8 Å². The van der Waals surface area contributed by atoms with Crippen LogP contribution in [0.3, 0.4) is 0 Å². The van der Waals surface area contributed by atoms with Crippen molar-refractivity contribution in [2.24, 2.45) is 10.8 Å². The number of rotatable bonds is 24. The summed E-state index contributed by atoms with van der Waals surface area (Å²) < 4.78 is 0. The maximum atomic E-state index is 14.0. The Hall–Kier alpha value is -2.84. The molecule has 0 radical (unpaired) electrons. The van der Waals surface area contributed by atoms with Gasteiger partial charge in [0.05, 0.1) is 16.5 Å². The molecule has 0 bridgehead atoms. The van der Waals surface area contributed by atoms with Gasteiger partial charge in [-0.1, -0.05) is 167 Å². The van der Waals surface area contributed by atoms with Gasteiger partial charge in [-0.05, 0) is 60.9 Å². The maximum absolute atomic E-state index is 14.0. The molecule has 1 spiro atoms. The summed E-state index contributed by atoms with van der Waals surface area (Å²) in [5, 5.41) is 20.3. The van der Waals surface area contributed by atoms with Gasteiger partial charge >= 0.3 is 20.5 Å². The molecule has 304 valence electrons. The van der Waals surface area contributed by atoms with Crippen molar-refractivity contribution in [3.05, 3.63) is 71.3 Å². The van der Waals surface area contributed by atoms with Crippen LogP contribution in [0.2, 0.25) is 0 Å². The van der Waals surface area contributed by atoms with E-state index in [1.807, 2.05) is 0 Å². The number of carbonyl (C=O) groups is 3. The minimum atomic E-state index is -2.62. The van der Waals surface area contributed by atoms with Crippen molar-refractivity contribution < 1.29 is 39.3 Å². The Morgan fingerprint density at radius 1 is 0.593 bits per heavy atom. The van der Waals surface area contributed by atoms with Gasteiger partial charge in [-0.2, -0.15) is 0 Å². The van der Waals surface area contributed by atoms with Crippen LogP contribution < -0.4 is 5.32 Å². The number of unbranched alkanes of at least 4 members (excludes halogenated alkanes) is 15. The summed E-state index contributed by atoms with van der Waals surface area (Å²) in [6.45, 7) is 7.78. The molecule has 1 saturated heterocycles. The lowest BCUT2D eigenvalue weighted by Gasteiger charge is -2.27. The van der Waals surface area contributed by atoms with Crippen LogP contribution in [0.25, 0.3) is 0 Å². The van der Waals surface area contributed by atoms with Crippen LogP contribution in [-0.4, -0.2) is 49.3 Å².